The predicted octanol–water partition coefficient (Wildman–Crippen LogP) is 2.48. The van der Waals surface area contributed by atoms with E-state index in [0.717, 1.165) is 0 Å². The molecule has 0 spiro atoms. The summed E-state index contributed by atoms with van der Waals surface area (Å²) in [5.41, 5.74) is 1.63. The van der Waals surface area contributed by atoms with Crippen LogP contribution in [0.2, 0.25) is 5.02 Å². The van der Waals surface area contributed by atoms with Crippen LogP contribution in [-0.2, 0) is 10.0 Å². The van der Waals surface area contributed by atoms with Crippen LogP contribution in [0, 0.1) is 13.8 Å². The molecule has 0 aliphatic rings. The maximum absolute atomic E-state index is 12.1. The van der Waals surface area contributed by atoms with Crippen molar-refractivity contribution < 1.29 is 8.42 Å². The number of halogens is 1. The fraction of sp³-hybridized carbons (Fsp3) is 0.182. The summed E-state index contributed by atoms with van der Waals surface area (Å²) in [5.74, 6) is 0. The van der Waals surface area contributed by atoms with E-state index in [2.05, 4.69) is 14.9 Å². The lowest BCUT2D eigenvalue weighted by atomic mass is 10.2. The van der Waals surface area contributed by atoms with E-state index < -0.39 is 10.0 Å². The summed E-state index contributed by atoms with van der Waals surface area (Å²) in [6.07, 6.45) is 1.28. The van der Waals surface area contributed by atoms with E-state index in [1.165, 1.54) is 6.20 Å². The normalized spacial score (nSPS) is 11.5. The Bertz CT molecular complexity index is 679. The highest BCUT2D eigenvalue weighted by molar-refractivity contribution is 7.92. The first kappa shape index (κ1) is 12.9. The van der Waals surface area contributed by atoms with Crippen molar-refractivity contribution in [1.82, 2.24) is 10.2 Å². The van der Waals surface area contributed by atoms with Crippen LogP contribution >= 0.6 is 11.6 Å². The number of nitrogens with zero attached hydrogens (tertiary/aromatic N) is 1. The summed E-state index contributed by atoms with van der Waals surface area (Å²) in [7, 11) is -3.64. The lowest BCUT2D eigenvalue weighted by Crippen LogP contribution is -2.14. The van der Waals surface area contributed by atoms with Gasteiger partial charge in [-0.25, -0.2) is 8.42 Å². The van der Waals surface area contributed by atoms with Gasteiger partial charge in [0.25, 0.3) is 10.0 Å². The Morgan fingerprint density at radius 1 is 1.33 bits per heavy atom. The quantitative estimate of drug-likeness (QED) is 0.910. The number of hydrogen-bond acceptors (Lipinski definition) is 3. The largest absolute Gasteiger partial charge is 0.281 e. The van der Waals surface area contributed by atoms with Crippen molar-refractivity contribution in [2.75, 3.05) is 4.72 Å². The minimum Gasteiger partial charge on any atom is -0.281 e. The molecule has 96 valence electrons. The van der Waals surface area contributed by atoms with E-state index in [4.69, 9.17) is 11.6 Å². The molecule has 1 heterocycles. The fourth-order valence-corrected chi connectivity index (χ4v) is 2.96. The molecule has 0 saturated carbocycles. The summed E-state index contributed by atoms with van der Waals surface area (Å²) >= 11 is 5.95. The van der Waals surface area contributed by atoms with Gasteiger partial charge in [0.2, 0.25) is 0 Å². The first-order valence-electron chi connectivity index (χ1n) is 5.20. The molecule has 7 heteroatoms. The van der Waals surface area contributed by atoms with Gasteiger partial charge >= 0.3 is 0 Å². The second-order valence-corrected chi connectivity index (χ2v) is 5.94. The van der Waals surface area contributed by atoms with E-state index in [-0.39, 0.29) is 4.90 Å². The lowest BCUT2D eigenvalue weighted by molar-refractivity contribution is 0.600. The highest BCUT2D eigenvalue weighted by Gasteiger charge is 2.19. The van der Waals surface area contributed by atoms with Gasteiger partial charge in [-0.3, -0.25) is 9.82 Å². The average molecular weight is 286 g/mol. The monoisotopic (exact) mass is 285 g/mol. The van der Waals surface area contributed by atoms with Crippen LogP contribution in [0.15, 0.2) is 29.3 Å². The van der Waals surface area contributed by atoms with Crippen molar-refractivity contribution in [2.24, 2.45) is 0 Å². The maximum Gasteiger partial charge on any atom is 0.265 e. The molecular formula is C11H12ClN3O2S. The Morgan fingerprint density at radius 3 is 2.67 bits per heavy atom. The molecule has 1 aromatic carbocycles. The van der Waals surface area contributed by atoms with Crippen LogP contribution in [0.5, 0.6) is 0 Å². The first-order valence-corrected chi connectivity index (χ1v) is 7.06. The third kappa shape index (κ3) is 2.34. The minimum atomic E-state index is -3.64. The van der Waals surface area contributed by atoms with Gasteiger partial charge in [0.15, 0.2) is 0 Å². The van der Waals surface area contributed by atoms with Crippen molar-refractivity contribution >= 4 is 27.3 Å². The SMILES string of the molecule is Cc1[nH]ncc1S(=O)(=O)Nc1cccc(Cl)c1C. The number of aryl methyl sites for hydroxylation is 1. The summed E-state index contributed by atoms with van der Waals surface area (Å²) in [4.78, 5) is 0.127. The van der Waals surface area contributed by atoms with Gasteiger partial charge in [-0.2, -0.15) is 5.10 Å². The number of H-pyrrole nitrogens is 1. The molecule has 0 fully saturated rings. The molecule has 0 unspecified atom stereocenters. The van der Waals surface area contributed by atoms with E-state index in [1.807, 2.05) is 0 Å². The highest BCUT2D eigenvalue weighted by Crippen LogP contribution is 2.25. The Kier molecular flexibility index (Phi) is 3.32. The van der Waals surface area contributed by atoms with Crippen LogP contribution in [0.1, 0.15) is 11.3 Å². The van der Waals surface area contributed by atoms with Crippen molar-refractivity contribution in [1.29, 1.82) is 0 Å². The topological polar surface area (TPSA) is 74.8 Å². The Hall–Kier alpha value is -1.53. The fourth-order valence-electron chi connectivity index (χ4n) is 1.53. The zero-order chi connectivity index (χ0) is 13.3. The van der Waals surface area contributed by atoms with Crippen LogP contribution in [0.4, 0.5) is 5.69 Å². The second-order valence-electron chi connectivity index (χ2n) is 3.88. The Balaban J connectivity index is 2.40. The third-order valence-electron chi connectivity index (χ3n) is 2.59. The number of aromatic amines is 1. The minimum absolute atomic E-state index is 0.127. The van der Waals surface area contributed by atoms with Gasteiger partial charge in [0, 0.05) is 5.02 Å². The standard InChI is InChI=1S/C11H12ClN3O2S/c1-7-9(12)4-3-5-10(7)15-18(16,17)11-6-13-14-8(11)2/h3-6,15H,1-2H3,(H,13,14). The molecular weight excluding hydrogens is 274 g/mol. The smallest absolute Gasteiger partial charge is 0.265 e. The molecule has 0 aliphatic carbocycles. The summed E-state index contributed by atoms with van der Waals surface area (Å²) in [5, 5.41) is 6.80. The molecule has 2 aromatic rings. The van der Waals surface area contributed by atoms with E-state index in [1.54, 1.807) is 32.0 Å². The average Bonchev–Trinajstić information content (AvgIpc) is 2.72. The van der Waals surface area contributed by atoms with Crippen LogP contribution in [-0.4, -0.2) is 18.6 Å². The van der Waals surface area contributed by atoms with Crippen molar-refractivity contribution in [3.63, 3.8) is 0 Å². The molecule has 5 nitrogen and oxygen atoms in total. The molecule has 2 rings (SSSR count). The molecule has 1 aromatic heterocycles. The number of benzene rings is 1. The second kappa shape index (κ2) is 4.62. The molecule has 2 N–H and O–H groups in total. The van der Waals surface area contributed by atoms with Gasteiger partial charge in [-0.05, 0) is 31.5 Å². The zero-order valence-electron chi connectivity index (χ0n) is 9.86. The molecule has 0 atom stereocenters. The van der Waals surface area contributed by atoms with Gasteiger partial charge in [0.05, 0.1) is 17.6 Å². The number of anilines is 1. The summed E-state index contributed by atoms with van der Waals surface area (Å²) in [6.45, 7) is 3.40. The Morgan fingerprint density at radius 2 is 2.06 bits per heavy atom. The first-order chi connectivity index (χ1) is 8.42. The van der Waals surface area contributed by atoms with Gasteiger partial charge in [-0.1, -0.05) is 17.7 Å². The number of rotatable bonds is 3. The van der Waals surface area contributed by atoms with E-state index in [0.29, 0.717) is 22.0 Å². The molecule has 0 saturated heterocycles. The van der Waals surface area contributed by atoms with Crippen LogP contribution in [0.3, 0.4) is 0 Å². The summed E-state index contributed by atoms with van der Waals surface area (Å²) < 4.78 is 26.8. The Labute approximate surface area is 110 Å². The lowest BCUT2D eigenvalue weighted by Gasteiger charge is -2.10. The predicted molar refractivity (Wildman–Crippen MR) is 70.3 cm³/mol. The molecule has 18 heavy (non-hydrogen) atoms. The van der Waals surface area contributed by atoms with Crippen molar-refractivity contribution in [3.05, 3.63) is 40.7 Å². The van der Waals surface area contributed by atoms with Crippen molar-refractivity contribution in [3.8, 4) is 0 Å². The van der Waals surface area contributed by atoms with Crippen LogP contribution in [0.25, 0.3) is 0 Å². The maximum atomic E-state index is 12.1. The van der Waals surface area contributed by atoms with E-state index in [9.17, 15) is 8.42 Å². The van der Waals surface area contributed by atoms with Gasteiger partial charge in [-0.15, -0.1) is 0 Å². The number of aromatic nitrogens is 2. The van der Waals surface area contributed by atoms with Crippen LogP contribution < -0.4 is 4.72 Å². The number of sulfonamides is 1. The van der Waals surface area contributed by atoms with Gasteiger partial charge in [0.1, 0.15) is 4.90 Å². The third-order valence-corrected chi connectivity index (χ3v) is 4.47. The van der Waals surface area contributed by atoms with Gasteiger partial charge < -0.3 is 0 Å². The molecule has 0 aliphatic heterocycles. The number of hydrogen-bond donors (Lipinski definition) is 2. The molecule has 0 bridgehead atoms. The summed E-state index contributed by atoms with van der Waals surface area (Å²) in [6, 6.07) is 5.06. The van der Waals surface area contributed by atoms with Crippen molar-refractivity contribution in [2.45, 2.75) is 18.7 Å². The molecule has 0 radical (unpaired) electrons. The van der Waals surface area contributed by atoms with E-state index >= 15 is 0 Å². The molecule has 0 amide bonds. The zero-order valence-corrected chi connectivity index (χ0v) is 11.4. The number of nitrogens with one attached hydrogen (secondary N) is 2. The highest BCUT2D eigenvalue weighted by atomic mass is 35.5.